The first-order chi connectivity index (χ1) is 10.1. The number of piperidine rings is 1. The van der Waals surface area contributed by atoms with E-state index in [2.05, 4.69) is 24.1 Å². The molecule has 0 aromatic heterocycles. The molecule has 2 unspecified atom stereocenters. The summed E-state index contributed by atoms with van der Waals surface area (Å²) in [6.07, 6.45) is 3.47. The predicted octanol–water partition coefficient (Wildman–Crippen LogP) is 3.56. The van der Waals surface area contributed by atoms with Gasteiger partial charge in [-0.1, -0.05) is 19.1 Å². The number of benzene rings is 1. The minimum absolute atomic E-state index is 0.463. The van der Waals surface area contributed by atoms with E-state index in [0.29, 0.717) is 24.1 Å². The smallest absolute Gasteiger partial charge is 0.163 e. The van der Waals surface area contributed by atoms with Gasteiger partial charge in [0.05, 0.1) is 0 Å². The number of halogens is 2. The van der Waals surface area contributed by atoms with E-state index in [-0.39, 0.29) is 0 Å². The Morgan fingerprint density at radius 1 is 1.38 bits per heavy atom. The lowest BCUT2D eigenvalue weighted by Crippen LogP contribution is -2.44. The highest BCUT2D eigenvalue weighted by atomic mass is 19.2. The van der Waals surface area contributed by atoms with E-state index in [4.69, 9.17) is 0 Å². The van der Waals surface area contributed by atoms with Crippen LogP contribution in [0.3, 0.4) is 0 Å². The maximum absolute atomic E-state index is 13.8. The van der Waals surface area contributed by atoms with Crippen molar-refractivity contribution in [1.82, 2.24) is 10.2 Å². The number of nitrogens with zero attached hydrogens (tertiary/aromatic N) is 1. The molecule has 1 heterocycles. The molecule has 118 valence electrons. The molecule has 1 saturated heterocycles. The molecule has 21 heavy (non-hydrogen) atoms. The molecule has 0 amide bonds. The van der Waals surface area contributed by atoms with Gasteiger partial charge in [0.2, 0.25) is 0 Å². The largest absolute Gasteiger partial charge is 0.314 e. The molecule has 2 atom stereocenters. The average molecular weight is 296 g/mol. The summed E-state index contributed by atoms with van der Waals surface area (Å²) in [6, 6.07) is 4.92. The summed E-state index contributed by atoms with van der Waals surface area (Å²) < 4.78 is 27.0. The third-order valence-electron chi connectivity index (χ3n) is 4.39. The zero-order valence-electron chi connectivity index (χ0n) is 13.0. The maximum atomic E-state index is 13.8. The maximum Gasteiger partial charge on any atom is 0.163 e. The summed E-state index contributed by atoms with van der Waals surface area (Å²) in [5.41, 5.74) is 0.463. The van der Waals surface area contributed by atoms with Crippen LogP contribution in [0.2, 0.25) is 0 Å². The van der Waals surface area contributed by atoms with Crippen molar-refractivity contribution in [2.75, 3.05) is 19.6 Å². The Kier molecular flexibility index (Phi) is 6.12. The molecular formula is C17H26F2N2. The molecule has 0 spiro atoms. The van der Waals surface area contributed by atoms with Gasteiger partial charge >= 0.3 is 0 Å². The molecule has 0 aliphatic carbocycles. The normalized spacial score (nSPS) is 21.4. The van der Waals surface area contributed by atoms with Crippen LogP contribution in [-0.2, 0) is 6.54 Å². The van der Waals surface area contributed by atoms with Gasteiger partial charge in [0.15, 0.2) is 11.6 Å². The molecule has 1 aromatic rings. The first-order valence-electron chi connectivity index (χ1n) is 8.00. The predicted molar refractivity (Wildman–Crippen MR) is 82.1 cm³/mol. The van der Waals surface area contributed by atoms with Crippen LogP contribution in [0.1, 0.15) is 38.7 Å². The summed E-state index contributed by atoms with van der Waals surface area (Å²) in [4.78, 5) is 2.25. The molecule has 4 heteroatoms. The standard InChI is InChI=1S/C17H26F2N2/c1-3-9-20-13(2)14-7-5-10-21(11-14)12-15-6-4-8-16(18)17(15)19/h4,6,8,13-14,20H,3,5,7,9-12H2,1-2H3. The van der Waals surface area contributed by atoms with E-state index in [1.165, 1.54) is 12.5 Å². The molecule has 1 fully saturated rings. The van der Waals surface area contributed by atoms with Crippen molar-refractivity contribution in [2.24, 2.45) is 5.92 Å². The van der Waals surface area contributed by atoms with Crippen molar-refractivity contribution in [3.05, 3.63) is 35.4 Å². The molecule has 1 N–H and O–H groups in total. The molecule has 1 aliphatic rings. The summed E-state index contributed by atoms with van der Waals surface area (Å²) in [5, 5.41) is 3.55. The van der Waals surface area contributed by atoms with Crippen LogP contribution < -0.4 is 5.32 Å². The van der Waals surface area contributed by atoms with Crippen molar-refractivity contribution in [2.45, 2.75) is 45.7 Å². The molecular weight excluding hydrogens is 270 g/mol. The Labute approximate surface area is 126 Å². The summed E-state index contributed by atoms with van der Waals surface area (Å²) >= 11 is 0. The van der Waals surface area contributed by atoms with E-state index in [9.17, 15) is 8.78 Å². The van der Waals surface area contributed by atoms with Crippen molar-refractivity contribution in [1.29, 1.82) is 0 Å². The highest BCUT2D eigenvalue weighted by molar-refractivity contribution is 5.18. The lowest BCUT2D eigenvalue weighted by atomic mass is 9.91. The molecule has 1 aliphatic heterocycles. The molecule has 2 nitrogen and oxygen atoms in total. The average Bonchev–Trinajstić information content (AvgIpc) is 2.50. The van der Waals surface area contributed by atoms with Crippen LogP contribution in [0.15, 0.2) is 18.2 Å². The first-order valence-corrected chi connectivity index (χ1v) is 8.00. The topological polar surface area (TPSA) is 15.3 Å². The lowest BCUT2D eigenvalue weighted by Gasteiger charge is -2.36. The second-order valence-corrected chi connectivity index (χ2v) is 6.09. The van der Waals surface area contributed by atoms with Gasteiger partial charge in [0.25, 0.3) is 0 Å². The van der Waals surface area contributed by atoms with E-state index < -0.39 is 11.6 Å². The highest BCUT2D eigenvalue weighted by Gasteiger charge is 2.25. The van der Waals surface area contributed by atoms with Crippen LogP contribution >= 0.6 is 0 Å². The van der Waals surface area contributed by atoms with Gasteiger partial charge in [-0.25, -0.2) is 8.78 Å². The van der Waals surface area contributed by atoms with E-state index in [0.717, 1.165) is 32.5 Å². The molecule has 0 radical (unpaired) electrons. The van der Waals surface area contributed by atoms with E-state index >= 15 is 0 Å². The Morgan fingerprint density at radius 3 is 2.95 bits per heavy atom. The fourth-order valence-electron chi connectivity index (χ4n) is 3.09. The van der Waals surface area contributed by atoms with Crippen molar-refractivity contribution < 1.29 is 8.78 Å². The van der Waals surface area contributed by atoms with Gasteiger partial charge < -0.3 is 5.32 Å². The van der Waals surface area contributed by atoms with Crippen LogP contribution in [0.4, 0.5) is 8.78 Å². The number of nitrogens with one attached hydrogen (secondary N) is 1. The Hall–Kier alpha value is -1.00. The van der Waals surface area contributed by atoms with Gasteiger partial charge in [-0.05, 0) is 51.3 Å². The molecule has 0 saturated carbocycles. The fraction of sp³-hybridized carbons (Fsp3) is 0.647. The van der Waals surface area contributed by atoms with Crippen LogP contribution in [-0.4, -0.2) is 30.6 Å². The van der Waals surface area contributed by atoms with Gasteiger partial charge in [-0.2, -0.15) is 0 Å². The summed E-state index contributed by atoms with van der Waals surface area (Å²) in [6.45, 7) is 7.85. The molecule has 1 aromatic carbocycles. The minimum Gasteiger partial charge on any atom is -0.314 e. The second kappa shape index (κ2) is 7.85. The van der Waals surface area contributed by atoms with Gasteiger partial charge in [-0.3, -0.25) is 4.90 Å². The first kappa shape index (κ1) is 16.4. The van der Waals surface area contributed by atoms with E-state index in [1.54, 1.807) is 12.1 Å². The number of hydrogen-bond donors (Lipinski definition) is 1. The van der Waals surface area contributed by atoms with Gasteiger partial charge in [-0.15, -0.1) is 0 Å². The van der Waals surface area contributed by atoms with E-state index in [1.807, 2.05) is 0 Å². The van der Waals surface area contributed by atoms with Gasteiger partial charge in [0, 0.05) is 24.7 Å². The number of hydrogen-bond acceptors (Lipinski definition) is 2. The quantitative estimate of drug-likeness (QED) is 0.863. The third-order valence-corrected chi connectivity index (χ3v) is 4.39. The zero-order chi connectivity index (χ0) is 15.2. The van der Waals surface area contributed by atoms with Crippen molar-refractivity contribution >= 4 is 0 Å². The molecule has 0 bridgehead atoms. The fourth-order valence-corrected chi connectivity index (χ4v) is 3.09. The van der Waals surface area contributed by atoms with Crippen LogP contribution in [0.25, 0.3) is 0 Å². The SMILES string of the molecule is CCCNC(C)C1CCCN(Cc2cccc(F)c2F)C1. The summed E-state index contributed by atoms with van der Waals surface area (Å²) in [7, 11) is 0. The van der Waals surface area contributed by atoms with Crippen LogP contribution in [0, 0.1) is 17.6 Å². The third kappa shape index (κ3) is 4.48. The monoisotopic (exact) mass is 296 g/mol. The Bertz CT molecular complexity index is 450. The van der Waals surface area contributed by atoms with Gasteiger partial charge in [0.1, 0.15) is 0 Å². The lowest BCUT2D eigenvalue weighted by molar-refractivity contribution is 0.143. The van der Waals surface area contributed by atoms with Crippen LogP contribution in [0.5, 0.6) is 0 Å². The highest BCUT2D eigenvalue weighted by Crippen LogP contribution is 2.22. The molecule has 2 rings (SSSR count). The summed E-state index contributed by atoms with van der Waals surface area (Å²) in [5.74, 6) is -0.863. The van der Waals surface area contributed by atoms with Crippen molar-refractivity contribution in [3.63, 3.8) is 0 Å². The number of rotatable bonds is 6. The van der Waals surface area contributed by atoms with Crippen molar-refractivity contribution in [3.8, 4) is 0 Å². The Morgan fingerprint density at radius 2 is 2.19 bits per heavy atom. The second-order valence-electron chi connectivity index (χ2n) is 6.09. The minimum atomic E-state index is -0.751. The Balaban J connectivity index is 1.93. The number of likely N-dealkylation sites (tertiary alicyclic amines) is 1. The zero-order valence-corrected chi connectivity index (χ0v) is 13.0.